The molecule has 0 spiro atoms. The van der Waals surface area contributed by atoms with Crippen LogP contribution in [0.4, 0.5) is 14.5 Å². The SMILES string of the molecule is CC(=Nc1cccc(F)c1)c1ccc(F)cc1. The molecule has 0 aromatic heterocycles. The summed E-state index contributed by atoms with van der Waals surface area (Å²) in [5.74, 6) is -0.606. The van der Waals surface area contributed by atoms with Crippen LogP contribution in [0.25, 0.3) is 0 Å². The fourth-order valence-electron chi connectivity index (χ4n) is 1.49. The van der Waals surface area contributed by atoms with Gasteiger partial charge in [0.15, 0.2) is 0 Å². The Bertz CT molecular complexity index is 544. The predicted molar refractivity (Wildman–Crippen MR) is 64.7 cm³/mol. The zero-order valence-corrected chi connectivity index (χ0v) is 9.32. The van der Waals surface area contributed by atoms with Crippen molar-refractivity contribution in [3.8, 4) is 0 Å². The van der Waals surface area contributed by atoms with Gasteiger partial charge in [0.2, 0.25) is 0 Å². The number of rotatable bonds is 2. The molecule has 0 radical (unpaired) electrons. The highest BCUT2D eigenvalue weighted by atomic mass is 19.1. The predicted octanol–water partition coefficient (Wildman–Crippen LogP) is 4.11. The van der Waals surface area contributed by atoms with Gasteiger partial charge in [0.25, 0.3) is 0 Å². The lowest BCUT2D eigenvalue weighted by Gasteiger charge is -2.01. The molecule has 0 aliphatic carbocycles. The number of hydrogen-bond donors (Lipinski definition) is 0. The smallest absolute Gasteiger partial charge is 0.125 e. The Balaban J connectivity index is 2.30. The lowest BCUT2D eigenvalue weighted by molar-refractivity contribution is 0.627. The van der Waals surface area contributed by atoms with E-state index in [4.69, 9.17) is 0 Å². The molecule has 1 nitrogen and oxygen atoms in total. The number of aliphatic imine (C=N–C) groups is 1. The molecular weight excluding hydrogens is 220 g/mol. The van der Waals surface area contributed by atoms with Crippen LogP contribution in [0.5, 0.6) is 0 Å². The minimum atomic E-state index is -0.321. The van der Waals surface area contributed by atoms with E-state index in [0.717, 1.165) is 11.3 Å². The van der Waals surface area contributed by atoms with Crippen molar-refractivity contribution < 1.29 is 8.78 Å². The third-order valence-electron chi connectivity index (χ3n) is 2.37. The van der Waals surface area contributed by atoms with Gasteiger partial charge in [-0.2, -0.15) is 0 Å². The monoisotopic (exact) mass is 231 g/mol. The quantitative estimate of drug-likeness (QED) is 0.690. The largest absolute Gasteiger partial charge is 0.253 e. The Kier molecular flexibility index (Phi) is 3.28. The molecule has 2 aromatic carbocycles. The summed E-state index contributed by atoms with van der Waals surface area (Å²) in [5, 5.41) is 0. The minimum absolute atomic E-state index is 0.285. The van der Waals surface area contributed by atoms with E-state index in [9.17, 15) is 8.78 Å². The third-order valence-corrected chi connectivity index (χ3v) is 2.37. The first-order valence-corrected chi connectivity index (χ1v) is 5.22. The second-order valence-corrected chi connectivity index (χ2v) is 3.68. The average molecular weight is 231 g/mol. The standard InChI is InChI=1S/C14H11F2N/c1-10(11-5-7-12(15)8-6-11)17-14-4-2-3-13(16)9-14/h2-9H,1H3. The Morgan fingerprint density at radius 1 is 0.941 bits per heavy atom. The highest BCUT2D eigenvalue weighted by molar-refractivity contribution is 6.00. The molecule has 0 atom stereocenters. The van der Waals surface area contributed by atoms with Crippen LogP contribution in [-0.2, 0) is 0 Å². The number of nitrogens with zero attached hydrogens (tertiary/aromatic N) is 1. The second-order valence-electron chi connectivity index (χ2n) is 3.68. The first kappa shape index (κ1) is 11.5. The Labute approximate surface area is 98.4 Å². The molecule has 0 bridgehead atoms. The van der Waals surface area contributed by atoms with Crippen molar-refractivity contribution in [1.82, 2.24) is 0 Å². The fraction of sp³-hybridized carbons (Fsp3) is 0.0714. The first-order valence-electron chi connectivity index (χ1n) is 5.22. The molecule has 2 aromatic rings. The molecule has 17 heavy (non-hydrogen) atoms. The Morgan fingerprint density at radius 2 is 1.65 bits per heavy atom. The molecule has 3 heteroatoms. The minimum Gasteiger partial charge on any atom is -0.253 e. The molecular formula is C14H11F2N. The molecule has 0 heterocycles. The van der Waals surface area contributed by atoms with Crippen molar-refractivity contribution in [2.24, 2.45) is 4.99 Å². The fourth-order valence-corrected chi connectivity index (χ4v) is 1.49. The molecule has 0 N–H and O–H groups in total. The van der Waals surface area contributed by atoms with Crippen LogP contribution >= 0.6 is 0 Å². The first-order chi connectivity index (χ1) is 8.15. The highest BCUT2D eigenvalue weighted by Gasteiger charge is 1.99. The summed E-state index contributed by atoms with van der Waals surface area (Å²) in [6.07, 6.45) is 0. The van der Waals surface area contributed by atoms with Gasteiger partial charge in [0, 0.05) is 5.71 Å². The van der Waals surface area contributed by atoms with E-state index in [1.165, 1.54) is 24.3 Å². The van der Waals surface area contributed by atoms with Crippen LogP contribution in [0.1, 0.15) is 12.5 Å². The van der Waals surface area contributed by atoms with Gasteiger partial charge in [-0.15, -0.1) is 0 Å². The third kappa shape index (κ3) is 2.97. The van der Waals surface area contributed by atoms with Gasteiger partial charge in [-0.3, -0.25) is 4.99 Å². The van der Waals surface area contributed by atoms with Gasteiger partial charge in [0.1, 0.15) is 11.6 Å². The van der Waals surface area contributed by atoms with Crippen molar-refractivity contribution in [1.29, 1.82) is 0 Å². The van der Waals surface area contributed by atoms with Crippen molar-refractivity contribution >= 4 is 11.4 Å². The van der Waals surface area contributed by atoms with Gasteiger partial charge >= 0.3 is 0 Å². The molecule has 0 amide bonds. The van der Waals surface area contributed by atoms with E-state index in [2.05, 4.69) is 4.99 Å². The van der Waals surface area contributed by atoms with E-state index >= 15 is 0 Å². The van der Waals surface area contributed by atoms with Gasteiger partial charge in [-0.05, 0) is 42.8 Å². The molecule has 0 aliphatic heterocycles. The van der Waals surface area contributed by atoms with E-state index in [1.807, 2.05) is 0 Å². The van der Waals surface area contributed by atoms with Gasteiger partial charge in [0.05, 0.1) is 5.69 Å². The maximum atomic E-state index is 13.0. The van der Waals surface area contributed by atoms with Crippen LogP contribution in [0.15, 0.2) is 53.5 Å². The molecule has 2 rings (SSSR count). The Hall–Kier alpha value is -2.03. The highest BCUT2D eigenvalue weighted by Crippen LogP contribution is 2.15. The van der Waals surface area contributed by atoms with Gasteiger partial charge < -0.3 is 0 Å². The van der Waals surface area contributed by atoms with Crippen molar-refractivity contribution in [2.45, 2.75) is 6.92 Å². The summed E-state index contributed by atoms with van der Waals surface area (Å²) in [5.41, 5.74) is 2.08. The van der Waals surface area contributed by atoms with Crippen molar-refractivity contribution in [2.75, 3.05) is 0 Å². The maximum absolute atomic E-state index is 13.0. The van der Waals surface area contributed by atoms with Crippen LogP contribution in [0.2, 0.25) is 0 Å². The van der Waals surface area contributed by atoms with Crippen molar-refractivity contribution in [3.63, 3.8) is 0 Å². The number of halogens is 2. The summed E-state index contributed by atoms with van der Waals surface area (Å²) in [4.78, 5) is 4.27. The summed E-state index contributed by atoms with van der Waals surface area (Å²) in [6, 6.07) is 12.1. The zero-order valence-electron chi connectivity index (χ0n) is 9.32. The van der Waals surface area contributed by atoms with Crippen molar-refractivity contribution in [3.05, 3.63) is 65.7 Å². The van der Waals surface area contributed by atoms with E-state index < -0.39 is 0 Å². The normalized spacial score (nSPS) is 11.6. The van der Waals surface area contributed by atoms with Crippen LogP contribution in [0.3, 0.4) is 0 Å². The number of hydrogen-bond acceptors (Lipinski definition) is 1. The zero-order chi connectivity index (χ0) is 12.3. The number of benzene rings is 2. The van der Waals surface area contributed by atoms with E-state index in [1.54, 1.807) is 31.2 Å². The van der Waals surface area contributed by atoms with Gasteiger partial charge in [-0.25, -0.2) is 8.78 Å². The summed E-state index contributed by atoms with van der Waals surface area (Å²) in [6.45, 7) is 1.80. The molecule has 0 unspecified atom stereocenters. The topological polar surface area (TPSA) is 12.4 Å². The molecule has 0 aliphatic rings. The Morgan fingerprint density at radius 3 is 2.29 bits per heavy atom. The van der Waals surface area contributed by atoms with Crippen LogP contribution < -0.4 is 0 Å². The summed E-state index contributed by atoms with van der Waals surface area (Å²) < 4.78 is 25.7. The summed E-state index contributed by atoms with van der Waals surface area (Å²) in [7, 11) is 0. The molecule has 0 saturated heterocycles. The lowest BCUT2D eigenvalue weighted by Crippen LogP contribution is -1.93. The second kappa shape index (κ2) is 4.87. The maximum Gasteiger partial charge on any atom is 0.125 e. The van der Waals surface area contributed by atoms with Crippen LogP contribution in [0, 0.1) is 11.6 Å². The van der Waals surface area contributed by atoms with E-state index in [-0.39, 0.29) is 11.6 Å². The molecule has 0 fully saturated rings. The molecule has 0 saturated carbocycles. The summed E-state index contributed by atoms with van der Waals surface area (Å²) >= 11 is 0. The van der Waals surface area contributed by atoms with Gasteiger partial charge in [-0.1, -0.05) is 18.2 Å². The van der Waals surface area contributed by atoms with Crippen LogP contribution in [-0.4, -0.2) is 5.71 Å². The average Bonchev–Trinajstić information content (AvgIpc) is 2.29. The lowest BCUT2D eigenvalue weighted by atomic mass is 10.1. The van der Waals surface area contributed by atoms with E-state index in [0.29, 0.717) is 5.69 Å². The molecule has 86 valence electrons.